The summed E-state index contributed by atoms with van der Waals surface area (Å²) < 4.78 is 5.15. The highest BCUT2D eigenvalue weighted by Gasteiger charge is 2.08. The first-order valence-electron chi connectivity index (χ1n) is 5.31. The molecule has 2 rings (SSSR count). The van der Waals surface area contributed by atoms with E-state index < -0.39 is 0 Å². The zero-order valence-electron chi connectivity index (χ0n) is 9.68. The fourth-order valence-electron chi connectivity index (χ4n) is 1.38. The second-order valence-electron chi connectivity index (χ2n) is 3.60. The van der Waals surface area contributed by atoms with Gasteiger partial charge in [-0.3, -0.25) is 4.79 Å². The van der Waals surface area contributed by atoms with E-state index >= 15 is 0 Å². The highest BCUT2D eigenvalue weighted by molar-refractivity contribution is 6.33. The van der Waals surface area contributed by atoms with Crippen LogP contribution in [0, 0.1) is 0 Å². The van der Waals surface area contributed by atoms with Crippen molar-refractivity contribution in [3.8, 4) is 0 Å². The van der Waals surface area contributed by atoms with E-state index in [4.69, 9.17) is 16.0 Å². The average molecular weight is 263 g/mol. The van der Waals surface area contributed by atoms with E-state index in [9.17, 15) is 4.79 Å². The third-order valence-electron chi connectivity index (χ3n) is 2.32. The lowest BCUT2D eigenvalue weighted by atomic mass is 10.2. The lowest BCUT2D eigenvalue weighted by molar-refractivity contribution is 0.0955. The molecule has 5 heteroatoms. The molecule has 0 atom stereocenters. The minimum absolute atomic E-state index is 0.355. The van der Waals surface area contributed by atoms with E-state index in [1.807, 2.05) is 0 Å². The number of hydrogen-bond acceptors (Lipinski definition) is 3. The lowest BCUT2D eigenvalue weighted by Crippen LogP contribution is -2.19. The Hall–Kier alpha value is -2.07. The van der Waals surface area contributed by atoms with Crippen LogP contribution in [0.15, 0.2) is 52.2 Å². The van der Waals surface area contributed by atoms with Crippen molar-refractivity contribution in [1.82, 2.24) is 5.43 Å². The molecule has 1 aromatic heterocycles. The zero-order valence-corrected chi connectivity index (χ0v) is 10.4. The second-order valence-corrected chi connectivity index (χ2v) is 4.00. The van der Waals surface area contributed by atoms with Gasteiger partial charge in [-0.25, -0.2) is 5.43 Å². The first-order valence-corrected chi connectivity index (χ1v) is 5.69. The molecule has 0 fully saturated rings. The van der Waals surface area contributed by atoms with Crippen molar-refractivity contribution >= 4 is 23.2 Å². The quantitative estimate of drug-likeness (QED) is 0.683. The number of rotatable bonds is 3. The molecule has 0 aliphatic carbocycles. The van der Waals surface area contributed by atoms with E-state index in [-0.39, 0.29) is 5.91 Å². The van der Waals surface area contributed by atoms with E-state index in [0.29, 0.717) is 22.1 Å². The average Bonchev–Trinajstić information content (AvgIpc) is 2.90. The van der Waals surface area contributed by atoms with Gasteiger partial charge in [-0.1, -0.05) is 23.7 Å². The molecule has 1 aromatic carbocycles. The van der Waals surface area contributed by atoms with Crippen molar-refractivity contribution in [3.05, 3.63) is 59.0 Å². The van der Waals surface area contributed by atoms with Crippen LogP contribution >= 0.6 is 11.6 Å². The van der Waals surface area contributed by atoms with Crippen molar-refractivity contribution in [2.45, 2.75) is 6.92 Å². The van der Waals surface area contributed by atoms with Crippen molar-refractivity contribution < 1.29 is 9.21 Å². The molecule has 0 unspecified atom stereocenters. The third-order valence-corrected chi connectivity index (χ3v) is 2.65. The molecular weight excluding hydrogens is 252 g/mol. The van der Waals surface area contributed by atoms with Gasteiger partial charge in [0.25, 0.3) is 5.91 Å². The SMILES string of the molecule is C/C(=N/NC(=O)c1ccccc1Cl)c1ccco1. The number of nitrogens with zero attached hydrogens (tertiary/aromatic N) is 1. The molecule has 1 N–H and O–H groups in total. The fraction of sp³-hybridized carbons (Fsp3) is 0.0769. The van der Waals surface area contributed by atoms with Crippen LogP contribution in [-0.2, 0) is 0 Å². The van der Waals surface area contributed by atoms with Gasteiger partial charge in [0.1, 0.15) is 11.5 Å². The van der Waals surface area contributed by atoms with Gasteiger partial charge in [0.2, 0.25) is 0 Å². The van der Waals surface area contributed by atoms with Crippen LogP contribution in [0.3, 0.4) is 0 Å². The summed E-state index contributed by atoms with van der Waals surface area (Å²) in [5, 5.41) is 4.34. The summed E-state index contributed by atoms with van der Waals surface area (Å²) in [5.74, 6) is 0.251. The number of hydrogen-bond donors (Lipinski definition) is 1. The van der Waals surface area contributed by atoms with E-state index in [1.165, 1.54) is 0 Å². The van der Waals surface area contributed by atoms with Gasteiger partial charge >= 0.3 is 0 Å². The van der Waals surface area contributed by atoms with Crippen molar-refractivity contribution in [1.29, 1.82) is 0 Å². The summed E-state index contributed by atoms with van der Waals surface area (Å²) in [6.45, 7) is 1.74. The number of furan rings is 1. The van der Waals surface area contributed by atoms with Gasteiger partial charge < -0.3 is 4.42 Å². The molecule has 1 heterocycles. The van der Waals surface area contributed by atoms with Crippen LogP contribution in [-0.4, -0.2) is 11.6 Å². The Morgan fingerprint density at radius 3 is 2.72 bits per heavy atom. The van der Waals surface area contributed by atoms with Crippen molar-refractivity contribution in [2.24, 2.45) is 5.10 Å². The summed E-state index contributed by atoms with van der Waals surface area (Å²) in [4.78, 5) is 11.8. The summed E-state index contributed by atoms with van der Waals surface area (Å²) in [5.41, 5.74) is 3.40. The van der Waals surface area contributed by atoms with Crippen LogP contribution < -0.4 is 5.43 Å². The van der Waals surface area contributed by atoms with Gasteiger partial charge in [-0.15, -0.1) is 0 Å². The molecule has 0 aliphatic heterocycles. The Morgan fingerprint density at radius 1 is 1.28 bits per heavy atom. The van der Waals surface area contributed by atoms with Gasteiger partial charge in [0.05, 0.1) is 16.8 Å². The first kappa shape index (κ1) is 12.4. The highest BCUT2D eigenvalue weighted by Crippen LogP contribution is 2.14. The van der Waals surface area contributed by atoms with Crippen LogP contribution in [0.4, 0.5) is 0 Å². The second kappa shape index (κ2) is 5.51. The molecule has 0 spiro atoms. The molecule has 0 aliphatic rings. The Balaban J connectivity index is 2.09. The fourth-order valence-corrected chi connectivity index (χ4v) is 1.60. The number of nitrogens with one attached hydrogen (secondary N) is 1. The van der Waals surface area contributed by atoms with Gasteiger partial charge in [-0.2, -0.15) is 5.10 Å². The molecule has 92 valence electrons. The number of halogens is 1. The third kappa shape index (κ3) is 2.78. The number of amides is 1. The first-order chi connectivity index (χ1) is 8.68. The Morgan fingerprint density at radius 2 is 2.06 bits per heavy atom. The molecular formula is C13H11ClN2O2. The normalized spacial score (nSPS) is 11.3. The van der Waals surface area contributed by atoms with E-state index in [2.05, 4.69) is 10.5 Å². The number of benzene rings is 1. The maximum Gasteiger partial charge on any atom is 0.272 e. The molecule has 1 amide bonds. The van der Waals surface area contributed by atoms with Crippen LogP contribution in [0.5, 0.6) is 0 Å². The van der Waals surface area contributed by atoms with Gasteiger partial charge in [0.15, 0.2) is 0 Å². The topological polar surface area (TPSA) is 54.6 Å². The summed E-state index contributed by atoms with van der Waals surface area (Å²) in [6, 6.07) is 10.3. The summed E-state index contributed by atoms with van der Waals surface area (Å²) in [7, 11) is 0. The zero-order chi connectivity index (χ0) is 13.0. The Kier molecular flexibility index (Phi) is 3.79. The molecule has 2 aromatic rings. The Labute approximate surface area is 109 Å². The van der Waals surface area contributed by atoms with Crippen LogP contribution in [0.1, 0.15) is 23.0 Å². The predicted molar refractivity (Wildman–Crippen MR) is 69.8 cm³/mol. The Bertz CT molecular complexity index is 576. The largest absolute Gasteiger partial charge is 0.463 e. The summed E-state index contributed by atoms with van der Waals surface area (Å²) >= 11 is 5.91. The standard InChI is InChI=1S/C13H11ClN2O2/c1-9(12-7-4-8-18-12)15-16-13(17)10-5-2-3-6-11(10)14/h2-8H,1H3,(H,16,17)/b15-9-. The van der Waals surface area contributed by atoms with Crippen LogP contribution in [0.25, 0.3) is 0 Å². The van der Waals surface area contributed by atoms with Crippen molar-refractivity contribution in [2.75, 3.05) is 0 Å². The number of carbonyl (C=O) groups is 1. The lowest BCUT2D eigenvalue weighted by Gasteiger charge is -2.02. The molecule has 0 radical (unpaired) electrons. The van der Waals surface area contributed by atoms with E-state index in [0.717, 1.165) is 0 Å². The van der Waals surface area contributed by atoms with Gasteiger partial charge in [-0.05, 0) is 31.2 Å². The van der Waals surface area contributed by atoms with E-state index in [1.54, 1.807) is 49.6 Å². The molecule has 0 saturated heterocycles. The molecule has 0 saturated carbocycles. The summed E-state index contributed by atoms with van der Waals surface area (Å²) in [6.07, 6.45) is 1.55. The maximum atomic E-state index is 11.8. The number of hydrazone groups is 1. The van der Waals surface area contributed by atoms with Crippen LogP contribution in [0.2, 0.25) is 5.02 Å². The molecule has 18 heavy (non-hydrogen) atoms. The smallest absolute Gasteiger partial charge is 0.272 e. The highest BCUT2D eigenvalue weighted by atomic mass is 35.5. The van der Waals surface area contributed by atoms with Crippen molar-refractivity contribution in [3.63, 3.8) is 0 Å². The van der Waals surface area contributed by atoms with Gasteiger partial charge in [0, 0.05) is 0 Å². The maximum absolute atomic E-state index is 11.8. The minimum atomic E-state index is -0.355. The monoisotopic (exact) mass is 262 g/mol. The number of carbonyl (C=O) groups excluding carboxylic acids is 1. The molecule has 0 bridgehead atoms. The molecule has 4 nitrogen and oxygen atoms in total. The minimum Gasteiger partial charge on any atom is -0.463 e. The predicted octanol–water partition coefficient (Wildman–Crippen LogP) is 3.09.